The summed E-state index contributed by atoms with van der Waals surface area (Å²) in [6.45, 7) is 4.94. The van der Waals surface area contributed by atoms with E-state index in [1.165, 1.54) is 14.0 Å². The first-order valence-electron chi connectivity index (χ1n) is 11.5. The number of carbonyl (C=O) groups is 2. The van der Waals surface area contributed by atoms with Gasteiger partial charge in [0.15, 0.2) is 6.10 Å². The molecule has 4 aliphatic rings. The zero-order chi connectivity index (χ0) is 23.8. The average Bonchev–Trinajstić information content (AvgIpc) is 3.32. The lowest BCUT2D eigenvalue weighted by atomic mass is 9.47. The fourth-order valence-corrected chi connectivity index (χ4v) is 7.68. The zero-order valence-corrected chi connectivity index (χ0v) is 19.8. The lowest BCUT2D eigenvalue weighted by Gasteiger charge is -2.63. The Morgan fingerprint density at radius 1 is 1.24 bits per heavy atom. The number of methoxy groups -OCH3 is 2. The van der Waals surface area contributed by atoms with Crippen molar-refractivity contribution >= 4 is 17.6 Å². The fraction of sp³-hybridized carbons (Fsp3) is 0.600. The van der Waals surface area contributed by atoms with Crippen LogP contribution in [0.4, 0.5) is 5.69 Å². The molecule has 8 heteroatoms. The summed E-state index contributed by atoms with van der Waals surface area (Å²) in [4.78, 5) is 30.2. The Balaban J connectivity index is 1.86. The summed E-state index contributed by atoms with van der Waals surface area (Å²) in [7, 11) is 4.77. The van der Waals surface area contributed by atoms with Gasteiger partial charge in [0.2, 0.25) is 5.60 Å². The van der Waals surface area contributed by atoms with Gasteiger partial charge >= 0.3 is 11.9 Å². The van der Waals surface area contributed by atoms with E-state index < -0.39 is 40.5 Å². The van der Waals surface area contributed by atoms with E-state index in [1.54, 1.807) is 7.11 Å². The number of nitrogens with zero attached hydrogens (tertiary/aromatic N) is 2. The van der Waals surface area contributed by atoms with Gasteiger partial charge in [-0.2, -0.15) is 0 Å². The first-order valence-corrected chi connectivity index (χ1v) is 11.5. The third kappa shape index (κ3) is 2.48. The monoisotopic (exact) mass is 456 g/mol. The molecule has 1 aromatic rings. The van der Waals surface area contributed by atoms with Gasteiger partial charge < -0.3 is 24.2 Å². The third-order valence-electron chi connectivity index (χ3n) is 8.62. The molecule has 8 nitrogen and oxygen atoms in total. The Kier molecular flexibility index (Phi) is 4.85. The van der Waals surface area contributed by atoms with Gasteiger partial charge in [-0.1, -0.05) is 25.1 Å². The SMILES string of the molecule is CC[C@@]12C=CCN3CC[C@@]4(c5ccc(OC)cc5N(C)[C@@H]4[C@](O)(C(=O)OC)[C@@H]1OC(C)=O)[C@@H]32. The minimum Gasteiger partial charge on any atom is -0.497 e. The highest BCUT2D eigenvalue weighted by Crippen LogP contribution is 2.67. The van der Waals surface area contributed by atoms with Crippen LogP contribution in [0.3, 0.4) is 0 Å². The second kappa shape index (κ2) is 7.21. The Bertz CT molecular complexity index is 1040. The molecule has 33 heavy (non-hydrogen) atoms. The van der Waals surface area contributed by atoms with E-state index in [-0.39, 0.29) is 6.04 Å². The van der Waals surface area contributed by atoms with Crippen molar-refractivity contribution in [2.75, 3.05) is 39.3 Å². The normalized spacial score (nSPS) is 38.4. The summed E-state index contributed by atoms with van der Waals surface area (Å²) in [5.41, 5.74) is -1.41. The number of anilines is 1. The Hall–Kier alpha value is -2.58. The lowest BCUT2D eigenvalue weighted by molar-refractivity contribution is -0.228. The number of hydrogen-bond donors (Lipinski definition) is 1. The standard InChI is InChI=1S/C25H32N2O6/c1-6-23-10-7-12-27-13-11-24(19(23)27)17-9-8-16(31-4)14-18(17)26(3)20(24)25(30,22(29)32-5)21(23)33-15(2)28/h7-10,14,19-21,30H,6,11-13H2,1-5H3/t19-,20-,21+,23-,24+,25+/m0/s1. The molecule has 5 rings (SSSR count). The Morgan fingerprint density at radius 2 is 2.00 bits per heavy atom. The van der Waals surface area contributed by atoms with Crippen molar-refractivity contribution < 1.29 is 28.9 Å². The van der Waals surface area contributed by atoms with Gasteiger partial charge in [0, 0.05) is 49.1 Å². The summed E-state index contributed by atoms with van der Waals surface area (Å²) in [6.07, 6.45) is 4.40. The molecule has 0 amide bonds. The van der Waals surface area contributed by atoms with Crippen molar-refractivity contribution in [1.82, 2.24) is 4.90 Å². The molecule has 1 saturated carbocycles. The van der Waals surface area contributed by atoms with Crippen LogP contribution in [-0.4, -0.2) is 80.1 Å². The molecule has 3 heterocycles. The van der Waals surface area contributed by atoms with E-state index in [0.29, 0.717) is 12.2 Å². The van der Waals surface area contributed by atoms with Crippen molar-refractivity contribution in [3.63, 3.8) is 0 Å². The summed E-state index contributed by atoms with van der Waals surface area (Å²) in [6, 6.07) is 5.22. The number of fused-ring (bicyclic) bond motifs is 1. The van der Waals surface area contributed by atoms with Gasteiger partial charge in [0.25, 0.3) is 0 Å². The first-order chi connectivity index (χ1) is 15.7. The number of aliphatic hydroxyl groups is 1. The molecule has 1 saturated heterocycles. The average molecular weight is 457 g/mol. The van der Waals surface area contributed by atoms with Gasteiger partial charge in [-0.25, -0.2) is 4.79 Å². The van der Waals surface area contributed by atoms with Crippen LogP contribution in [0.1, 0.15) is 32.3 Å². The molecule has 0 bridgehead atoms. The van der Waals surface area contributed by atoms with Crippen LogP contribution in [0.25, 0.3) is 0 Å². The van der Waals surface area contributed by atoms with Crippen LogP contribution in [0, 0.1) is 5.41 Å². The maximum Gasteiger partial charge on any atom is 0.344 e. The summed E-state index contributed by atoms with van der Waals surface area (Å²) >= 11 is 0. The van der Waals surface area contributed by atoms with Crippen molar-refractivity contribution in [2.24, 2.45) is 5.41 Å². The van der Waals surface area contributed by atoms with Crippen LogP contribution >= 0.6 is 0 Å². The number of ether oxygens (including phenoxy) is 3. The van der Waals surface area contributed by atoms with Crippen molar-refractivity contribution in [3.05, 3.63) is 35.9 Å². The maximum absolute atomic E-state index is 13.5. The third-order valence-corrected chi connectivity index (χ3v) is 8.62. The smallest absolute Gasteiger partial charge is 0.344 e. The highest BCUT2D eigenvalue weighted by Gasteiger charge is 2.80. The second-order valence-electron chi connectivity index (χ2n) is 9.76. The van der Waals surface area contributed by atoms with E-state index in [4.69, 9.17) is 14.2 Å². The van der Waals surface area contributed by atoms with Gasteiger partial charge in [0.1, 0.15) is 5.75 Å². The molecule has 0 aromatic heterocycles. The summed E-state index contributed by atoms with van der Waals surface area (Å²) < 4.78 is 16.6. The highest BCUT2D eigenvalue weighted by atomic mass is 16.6. The molecule has 1 aromatic carbocycles. The van der Waals surface area contributed by atoms with E-state index in [1.807, 2.05) is 31.0 Å². The zero-order valence-electron chi connectivity index (χ0n) is 19.8. The molecule has 1 N–H and O–H groups in total. The van der Waals surface area contributed by atoms with Crippen molar-refractivity contribution in [2.45, 2.75) is 55.9 Å². The molecular formula is C25H32N2O6. The summed E-state index contributed by atoms with van der Waals surface area (Å²) in [5.74, 6) is -0.617. The molecule has 6 atom stereocenters. The predicted octanol–water partition coefficient (Wildman–Crippen LogP) is 1.64. The minimum atomic E-state index is -2.08. The highest BCUT2D eigenvalue weighted by molar-refractivity contribution is 5.87. The van der Waals surface area contributed by atoms with E-state index in [9.17, 15) is 14.7 Å². The van der Waals surface area contributed by atoms with Crippen molar-refractivity contribution in [3.8, 4) is 5.75 Å². The predicted molar refractivity (Wildman–Crippen MR) is 121 cm³/mol. The van der Waals surface area contributed by atoms with Gasteiger partial charge in [-0.15, -0.1) is 0 Å². The van der Waals surface area contributed by atoms with Crippen LogP contribution in [0.5, 0.6) is 5.75 Å². The number of benzene rings is 1. The lowest BCUT2D eigenvalue weighted by Crippen LogP contribution is -2.81. The van der Waals surface area contributed by atoms with Crippen LogP contribution in [0.2, 0.25) is 0 Å². The van der Waals surface area contributed by atoms with Gasteiger partial charge in [-0.3, -0.25) is 9.69 Å². The molecular weight excluding hydrogens is 424 g/mol. The first kappa shape index (κ1) is 22.2. The van der Waals surface area contributed by atoms with Gasteiger partial charge in [0.05, 0.1) is 20.3 Å². The largest absolute Gasteiger partial charge is 0.497 e. The Labute approximate surface area is 194 Å². The Morgan fingerprint density at radius 3 is 2.64 bits per heavy atom. The fourth-order valence-electron chi connectivity index (χ4n) is 7.68. The molecule has 178 valence electrons. The molecule has 3 aliphatic heterocycles. The maximum atomic E-state index is 13.5. The van der Waals surface area contributed by atoms with Gasteiger partial charge in [-0.05, 0) is 31.0 Å². The minimum absolute atomic E-state index is 0.0589. The quantitative estimate of drug-likeness (QED) is 0.541. The molecule has 0 radical (unpaired) electrons. The van der Waals surface area contributed by atoms with E-state index in [0.717, 1.165) is 30.8 Å². The second-order valence-corrected chi connectivity index (χ2v) is 9.76. The molecule has 2 fully saturated rings. The van der Waals surface area contributed by atoms with E-state index >= 15 is 0 Å². The number of carbonyl (C=O) groups excluding carboxylic acids is 2. The number of hydrogen-bond acceptors (Lipinski definition) is 8. The summed E-state index contributed by atoms with van der Waals surface area (Å²) in [5, 5.41) is 12.5. The molecule has 1 aliphatic carbocycles. The molecule has 1 spiro atoms. The van der Waals surface area contributed by atoms with Crippen LogP contribution < -0.4 is 9.64 Å². The van der Waals surface area contributed by atoms with Crippen molar-refractivity contribution in [1.29, 1.82) is 0 Å². The number of esters is 2. The number of rotatable bonds is 4. The van der Waals surface area contributed by atoms with E-state index in [2.05, 4.69) is 23.1 Å². The number of likely N-dealkylation sites (N-methyl/N-ethyl adjacent to an activating group) is 1. The van der Waals surface area contributed by atoms with Crippen LogP contribution in [0.15, 0.2) is 30.4 Å². The topological polar surface area (TPSA) is 88.5 Å². The van der Waals surface area contributed by atoms with Crippen LogP contribution in [-0.2, 0) is 24.5 Å². The molecule has 0 unspecified atom stereocenters.